The number of aryl methyl sites for hydroxylation is 1. The van der Waals surface area contributed by atoms with Crippen LogP contribution in [0.1, 0.15) is 35.4 Å². The van der Waals surface area contributed by atoms with Gasteiger partial charge in [0.25, 0.3) is 5.91 Å². The third-order valence-corrected chi connectivity index (χ3v) is 6.45. The van der Waals surface area contributed by atoms with Crippen LogP contribution in [0.5, 0.6) is 0 Å². The summed E-state index contributed by atoms with van der Waals surface area (Å²) in [6.45, 7) is 0.949. The van der Waals surface area contributed by atoms with Crippen LogP contribution < -0.4 is 5.32 Å². The summed E-state index contributed by atoms with van der Waals surface area (Å²) < 4.78 is 2.23. The van der Waals surface area contributed by atoms with Gasteiger partial charge in [-0.15, -0.1) is 10.2 Å². The van der Waals surface area contributed by atoms with Crippen LogP contribution in [-0.4, -0.2) is 30.6 Å². The van der Waals surface area contributed by atoms with E-state index < -0.39 is 0 Å². The van der Waals surface area contributed by atoms with Gasteiger partial charge in [0.1, 0.15) is 5.82 Å². The molecule has 2 aromatic carbocycles. The predicted molar refractivity (Wildman–Crippen MR) is 136 cm³/mol. The molecule has 0 unspecified atom stereocenters. The van der Waals surface area contributed by atoms with Crippen molar-refractivity contribution in [2.45, 2.75) is 32.2 Å². The van der Waals surface area contributed by atoms with Crippen molar-refractivity contribution in [2.75, 3.05) is 5.32 Å². The van der Waals surface area contributed by atoms with Gasteiger partial charge in [0, 0.05) is 47.6 Å². The van der Waals surface area contributed by atoms with Gasteiger partial charge in [-0.1, -0.05) is 24.6 Å². The molecule has 0 spiro atoms. The molecule has 0 aliphatic carbocycles. The van der Waals surface area contributed by atoms with Crippen molar-refractivity contribution >= 4 is 22.5 Å². The third-order valence-electron chi connectivity index (χ3n) is 6.45. The molecule has 5 aromatic rings. The highest BCUT2D eigenvalue weighted by Gasteiger charge is 2.17. The lowest BCUT2D eigenvalue weighted by Crippen LogP contribution is -2.13. The van der Waals surface area contributed by atoms with E-state index in [4.69, 9.17) is 4.98 Å². The number of hydrogen-bond donors (Lipinski definition) is 1. The van der Waals surface area contributed by atoms with Crippen molar-refractivity contribution in [2.24, 2.45) is 0 Å². The monoisotopic (exact) mass is 460 g/mol. The Morgan fingerprint density at radius 2 is 1.69 bits per heavy atom. The number of anilines is 1. The van der Waals surface area contributed by atoms with E-state index in [1.54, 1.807) is 12.4 Å². The van der Waals surface area contributed by atoms with Gasteiger partial charge in [-0.2, -0.15) is 0 Å². The molecule has 7 nitrogen and oxygen atoms in total. The second kappa shape index (κ2) is 9.10. The molecule has 0 saturated carbocycles. The number of carbonyl (C=O) groups excluding carboxylic acids is 1. The summed E-state index contributed by atoms with van der Waals surface area (Å²) in [7, 11) is 0. The highest BCUT2D eigenvalue weighted by Crippen LogP contribution is 2.27. The Labute approximate surface area is 202 Å². The van der Waals surface area contributed by atoms with Crippen molar-refractivity contribution in [3.8, 4) is 22.6 Å². The van der Waals surface area contributed by atoms with E-state index in [-0.39, 0.29) is 5.91 Å². The van der Waals surface area contributed by atoms with Crippen molar-refractivity contribution in [3.05, 3.63) is 90.5 Å². The lowest BCUT2D eigenvalue weighted by Gasteiger charge is -2.11. The maximum absolute atomic E-state index is 13.4. The van der Waals surface area contributed by atoms with Crippen LogP contribution in [0.3, 0.4) is 0 Å². The first-order valence-corrected chi connectivity index (χ1v) is 11.9. The molecule has 1 amide bonds. The van der Waals surface area contributed by atoms with E-state index in [1.807, 2.05) is 66.7 Å². The minimum absolute atomic E-state index is 0.178. The van der Waals surface area contributed by atoms with Crippen molar-refractivity contribution in [3.63, 3.8) is 0 Å². The third kappa shape index (κ3) is 4.17. The normalized spacial score (nSPS) is 13.3. The minimum atomic E-state index is -0.178. The number of carbonyl (C=O) groups is 1. The summed E-state index contributed by atoms with van der Waals surface area (Å²) >= 11 is 0. The SMILES string of the molecule is O=C(Nc1ccc(-c2nnc3n2CCCCC3)cc1)c1cc(-c2ccncc2)nc2ccccc12. The molecule has 4 heterocycles. The Morgan fingerprint density at radius 1 is 0.857 bits per heavy atom. The number of rotatable bonds is 4. The molecular formula is C28H24N6O. The number of fused-ring (bicyclic) bond motifs is 2. The Bertz CT molecular complexity index is 1510. The van der Waals surface area contributed by atoms with E-state index in [9.17, 15) is 4.79 Å². The maximum atomic E-state index is 13.4. The number of amides is 1. The van der Waals surface area contributed by atoms with Crippen LogP contribution in [0.25, 0.3) is 33.5 Å². The standard InChI is InChI=1S/C28H24N6O/c35-28(23-18-25(19-13-15-29-16-14-19)31-24-7-4-3-6-22(23)24)30-21-11-9-20(10-12-21)27-33-32-26-8-2-1-5-17-34(26)27/h3-4,6-7,9-16,18H,1-2,5,8,17H2,(H,30,35). The molecule has 3 aromatic heterocycles. The van der Waals surface area contributed by atoms with Crippen LogP contribution in [0.4, 0.5) is 5.69 Å². The summed E-state index contributed by atoms with van der Waals surface area (Å²) in [5, 5.41) is 12.7. The lowest BCUT2D eigenvalue weighted by atomic mass is 10.0. The van der Waals surface area contributed by atoms with E-state index in [1.165, 1.54) is 6.42 Å². The summed E-state index contributed by atoms with van der Waals surface area (Å²) in [6, 6.07) is 21.1. The highest BCUT2D eigenvalue weighted by molar-refractivity contribution is 6.13. The molecule has 1 aliphatic rings. The van der Waals surface area contributed by atoms with Gasteiger partial charge in [-0.05, 0) is 61.4 Å². The Kier molecular flexibility index (Phi) is 5.50. The number of benzene rings is 2. The summed E-state index contributed by atoms with van der Waals surface area (Å²) in [4.78, 5) is 22.2. The molecule has 0 saturated heterocycles. The van der Waals surface area contributed by atoms with Gasteiger partial charge in [0.15, 0.2) is 5.82 Å². The second-order valence-corrected chi connectivity index (χ2v) is 8.74. The first kappa shape index (κ1) is 21.2. The smallest absolute Gasteiger partial charge is 0.256 e. The zero-order valence-electron chi connectivity index (χ0n) is 19.2. The van der Waals surface area contributed by atoms with Crippen molar-refractivity contribution in [1.82, 2.24) is 24.7 Å². The number of hydrogen-bond acceptors (Lipinski definition) is 5. The van der Waals surface area contributed by atoms with Crippen LogP contribution in [0.2, 0.25) is 0 Å². The Morgan fingerprint density at radius 3 is 2.54 bits per heavy atom. The van der Waals surface area contributed by atoms with Crippen LogP contribution in [-0.2, 0) is 13.0 Å². The molecule has 1 aliphatic heterocycles. The summed E-state index contributed by atoms with van der Waals surface area (Å²) in [6.07, 6.45) is 7.95. The summed E-state index contributed by atoms with van der Waals surface area (Å²) in [5.74, 6) is 1.77. The van der Waals surface area contributed by atoms with Crippen molar-refractivity contribution in [1.29, 1.82) is 0 Å². The average Bonchev–Trinajstić information content (AvgIpc) is 3.16. The Hall–Kier alpha value is -4.39. The second-order valence-electron chi connectivity index (χ2n) is 8.74. The Balaban J connectivity index is 1.29. The van der Waals surface area contributed by atoms with Gasteiger partial charge in [-0.3, -0.25) is 9.78 Å². The summed E-state index contributed by atoms with van der Waals surface area (Å²) in [5.41, 5.74) is 4.72. The molecule has 35 heavy (non-hydrogen) atoms. The number of nitrogens with one attached hydrogen (secondary N) is 1. The van der Waals surface area contributed by atoms with E-state index in [0.717, 1.165) is 70.9 Å². The van der Waals surface area contributed by atoms with Gasteiger partial charge < -0.3 is 9.88 Å². The van der Waals surface area contributed by atoms with Crippen LogP contribution in [0, 0.1) is 0 Å². The first-order chi connectivity index (χ1) is 17.3. The van der Waals surface area contributed by atoms with E-state index in [0.29, 0.717) is 5.56 Å². The topological polar surface area (TPSA) is 85.6 Å². The highest BCUT2D eigenvalue weighted by atomic mass is 16.1. The van der Waals surface area contributed by atoms with Gasteiger partial charge in [0.05, 0.1) is 16.8 Å². The fraction of sp³-hybridized carbons (Fsp3) is 0.179. The fourth-order valence-electron chi connectivity index (χ4n) is 4.63. The van der Waals surface area contributed by atoms with E-state index in [2.05, 4.69) is 25.1 Å². The first-order valence-electron chi connectivity index (χ1n) is 11.9. The van der Waals surface area contributed by atoms with Gasteiger partial charge >= 0.3 is 0 Å². The quantitative estimate of drug-likeness (QED) is 0.381. The van der Waals surface area contributed by atoms with Crippen molar-refractivity contribution < 1.29 is 4.79 Å². The minimum Gasteiger partial charge on any atom is -0.322 e. The van der Waals surface area contributed by atoms with Gasteiger partial charge in [-0.25, -0.2) is 4.98 Å². The molecule has 7 heteroatoms. The average molecular weight is 461 g/mol. The molecule has 6 rings (SSSR count). The zero-order chi connectivity index (χ0) is 23.6. The molecule has 0 bridgehead atoms. The number of nitrogens with zero attached hydrogens (tertiary/aromatic N) is 5. The molecule has 1 N–H and O–H groups in total. The van der Waals surface area contributed by atoms with E-state index >= 15 is 0 Å². The lowest BCUT2D eigenvalue weighted by molar-refractivity contribution is 0.102. The maximum Gasteiger partial charge on any atom is 0.256 e. The number of pyridine rings is 2. The fourth-order valence-corrected chi connectivity index (χ4v) is 4.63. The molecule has 0 radical (unpaired) electrons. The van der Waals surface area contributed by atoms with Gasteiger partial charge in [0.2, 0.25) is 0 Å². The molecule has 0 fully saturated rings. The number of para-hydroxylation sites is 1. The van der Waals surface area contributed by atoms with Crippen LogP contribution in [0.15, 0.2) is 79.1 Å². The van der Waals surface area contributed by atoms with Crippen LogP contribution >= 0.6 is 0 Å². The number of aromatic nitrogens is 5. The largest absolute Gasteiger partial charge is 0.322 e. The predicted octanol–water partition coefficient (Wildman–Crippen LogP) is 5.53. The molecule has 0 atom stereocenters. The molecular weight excluding hydrogens is 436 g/mol. The zero-order valence-corrected chi connectivity index (χ0v) is 19.2. The molecule has 172 valence electrons.